The molecule has 38 heavy (non-hydrogen) atoms. The van der Waals surface area contributed by atoms with Crippen LogP contribution in [-0.2, 0) is 4.79 Å². The van der Waals surface area contributed by atoms with Gasteiger partial charge in [0.2, 0.25) is 5.91 Å². The summed E-state index contributed by atoms with van der Waals surface area (Å²) in [7, 11) is 0. The third-order valence-electron chi connectivity index (χ3n) is 5.44. The van der Waals surface area contributed by atoms with Crippen LogP contribution in [0.3, 0.4) is 0 Å². The highest BCUT2D eigenvalue weighted by Gasteiger charge is 2.21. The lowest BCUT2D eigenvalue weighted by Crippen LogP contribution is -2.13. The minimum Gasteiger partial charge on any atom is -0.454 e. The summed E-state index contributed by atoms with van der Waals surface area (Å²) in [4.78, 5) is 33.1. The first-order valence-corrected chi connectivity index (χ1v) is 11.7. The number of nitrogens with zero attached hydrogens (tertiary/aromatic N) is 4. The van der Waals surface area contributed by atoms with Gasteiger partial charge < -0.3 is 15.4 Å². The number of azo groups is 1. The summed E-state index contributed by atoms with van der Waals surface area (Å²) < 4.78 is 6.29. The molecule has 0 atom stereocenters. The van der Waals surface area contributed by atoms with Gasteiger partial charge in [-0.05, 0) is 53.9 Å². The Morgan fingerprint density at radius 1 is 0.763 bits per heavy atom. The molecule has 0 unspecified atom stereocenters. The van der Waals surface area contributed by atoms with Crippen molar-refractivity contribution in [3.63, 3.8) is 0 Å². The van der Waals surface area contributed by atoms with E-state index in [-0.39, 0.29) is 29.1 Å². The highest BCUT2D eigenvalue weighted by Crippen LogP contribution is 2.42. The number of amides is 2. The van der Waals surface area contributed by atoms with Crippen molar-refractivity contribution in [2.75, 3.05) is 10.6 Å². The smallest absolute Gasteiger partial charge is 0.268 e. The molecule has 2 N–H and O–H groups in total. The lowest BCUT2D eigenvalue weighted by atomic mass is 10.0. The zero-order valence-electron chi connectivity index (χ0n) is 20.3. The quantitative estimate of drug-likeness (QED) is 0.231. The summed E-state index contributed by atoms with van der Waals surface area (Å²) >= 11 is 0. The van der Waals surface area contributed by atoms with Crippen molar-refractivity contribution >= 4 is 45.6 Å². The van der Waals surface area contributed by atoms with E-state index in [1.807, 2.05) is 42.5 Å². The molecule has 1 aromatic heterocycles. The van der Waals surface area contributed by atoms with Gasteiger partial charge in [0.05, 0.1) is 5.56 Å². The molecule has 0 aliphatic rings. The molecule has 1 heterocycles. The van der Waals surface area contributed by atoms with E-state index in [1.165, 1.54) is 6.92 Å². The molecule has 0 aliphatic heterocycles. The van der Waals surface area contributed by atoms with Gasteiger partial charge in [-0.2, -0.15) is 0 Å². The van der Waals surface area contributed by atoms with Crippen LogP contribution in [0.2, 0.25) is 0 Å². The van der Waals surface area contributed by atoms with E-state index >= 15 is 0 Å². The van der Waals surface area contributed by atoms with Crippen LogP contribution >= 0.6 is 0 Å². The zero-order chi connectivity index (χ0) is 26.3. The van der Waals surface area contributed by atoms with Crippen LogP contribution < -0.4 is 15.4 Å². The normalized spacial score (nSPS) is 10.9. The zero-order valence-corrected chi connectivity index (χ0v) is 20.3. The van der Waals surface area contributed by atoms with Crippen molar-refractivity contribution in [1.29, 1.82) is 0 Å². The van der Waals surface area contributed by atoms with Gasteiger partial charge >= 0.3 is 0 Å². The Morgan fingerprint density at radius 2 is 1.45 bits per heavy atom. The predicted octanol–water partition coefficient (Wildman–Crippen LogP) is 7.05. The third-order valence-corrected chi connectivity index (χ3v) is 5.44. The molecule has 0 bridgehead atoms. The number of ether oxygens (including phenoxy) is 1. The van der Waals surface area contributed by atoms with Crippen LogP contribution in [-0.4, -0.2) is 21.8 Å². The Bertz CT molecular complexity index is 1620. The molecule has 4 aromatic carbocycles. The standard InChI is InChI=1S/C29H22N6O3/c1-19(36)32-22-12-14-23(15-13-22)38-27-25(28(37)33-21-9-3-2-4-10-21)18-20-8-5-6-11-24(20)26(27)34-35-29-30-16-7-17-31-29/h2-18H,1H3,(H,32,36)(H,33,37). The minimum absolute atomic E-state index is 0.168. The van der Waals surface area contributed by atoms with Crippen LogP contribution in [0.4, 0.5) is 23.0 Å². The number of nitrogens with one attached hydrogen (secondary N) is 2. The van der Waals surface area contributed by atoms with Crippen LogP contribution in [0.25, 0.3) is 10.8 Å². The average Bonchev–Trinajstić information content (AvgIpc) is 2.94. The molecule has 9 nitrogen and oxygen atoms in total. The maximum absolute atomic E-state index is 13.5. The largest absolute Gasteiger partial charge is 0.454 e. The lowest BCUT2D eigenvalue weighted by molar-refractivity contribution is -0.114. The van der Waals surface area contributed by atoms with Crippen LogP contribution in [0.5, 0.6) is 11.5 Å². The van der Waals surface area contributed by atoms with Crippen LogP contribution in [0.1, 0.15) is 17.3 Å². The fraction of sp³-hybridized carbons (Fsp3) is 0.0345. The van der Waals surface area contributed by atoms with E-state index in [1.54, 1.807) is 60.9 Å². The number of carbonyl (C=O) groups excluding carboxylic acids is 2. The summed E-state index contributed by atoms with van der Waals surface area (Å²) in [5, 5.41) is 15.8. The molecule has 5 rings (SSSR count). The minimum atomic E-state index is -0.376. The number of fused-ring (bicyclic) bond motifs is 1. The molecule has 0 saturated heterocycles. The van der Waals surface area contributed by atoms with Crippen molar-refractivity contribution in [1.82, 2.24) is 9.97 Å². The number of aromatic nitrogens is 2. The van der Waals surface area contributed by atoms with Gasteiger partial charge in [0, 0.05) is 36.1 Å². The second kappa shape index (κ2) is 11.1. The van der Waals surface area contributed by atoms with E-state index in [0.717, 1.165) is 10.8 Å². The number of hydrogen-bond donors (Lipinski definition) is 2. The second-order valence-electron chi connectivity index (χ2n) is 8.20. The molecule has 186 valence electrons. The Balaban J connectivity index is 1.64. The van der Waals surface area contributed by atoms with Crippen molar-refractivity contribution in [3.8, 4) is 11.5 Å². The van der Waals surface area contributed by atoms with Gasteiger partial charge in [0.1, 0.15) is 11.4 Å². The molecule has 0 radical (unpaired) electrons. The lowest BCUT2D eigenvalue weighted by Gasteiger charge is -2.16. The molecular weight excluding hydrogens is 480 g/mol. The summed E-state index contributed by atoms with van der Waals surface area (Å²) in [5.41, 5.74) is 1.87. The monoisotopic (exact) mass is 502 g/mol. The first-order valence-electron chi connectivity index (χ1n) is 11.7. The molecule has 2 amide bonds. The van der Waals surface area contributed by atoms with Crippen molar-refractivity contribution < 1.29 is 14.3 Å². The fourth-order valence-corrected chi connectivity index (χ4v) is 3.77. The first kappa shape index (κ1) is 24.3. The third kappa shape index (κ3) is 5.68. The van der Waals surface area contributed by atoms with Gasteiger partial charge in [-0.1, -0.05) is 42.5 Å². The van der Waals surface area contributed by atoms with Gasteiger partial charge in [-0.3, -0.25) is 9.59 Å². The van der Waals surface area contributed by atoms with E-state index in [4.69, 9.17) is 4.74 Å². The number of para-hydroxylation sites is 1. The molecular formula is C29H22N6O3. The summed E-state index contributed by atoms with van der Waals surface area (Å²) in [6.07, 6.45) is 3.13. The second-order valence-corrected chi connectivity index (χ2v) is 8.20. The van der Waals surface area contributed by atoms with Gasteiger partial charge in [-0.15, -0.1) is 10.2 Å². The maximum atomic E-state index is 13.5. The van der Waals surface area contributed by atoms with Crippen molar-refractivity contribution in [3.05, 3.63) is 109 Å². The van der Waals surface area contributed by atoms with Crippen LogP contribution in [0.15, 0.2) is 114 Å². The molecule has 0 aliphatic carbocycles. The van der Waals surface area contributed by atoms with Crippen LogP contribution in [0, 0.1) is 0 Å². The summed E-state index contributed by atoms with van der Waals surface area (Å²) in [5.74, 6) is 0.263. The molecule has 0 fully saturated rings. The highest BCUT2D eigenvalue weighted by molar-refractivity contribution is 6.12. The van der Waals surface area contributed by atoms with E-state index in [2.05, 4.69) is 30.8 Å². The number of carbonyl (C=O) groups is 2. The van der Waals surface area contributed by atoms with E-state index < -0.39 is 0 Å². The SMILES string of the molecule is CC(=O)Nc1ccc(Oc2c(C(=O)Nc3ccccc3)cc3ccccc3c2N=Nc2ncccn2)cc1. The summed E-state index contributed by atoms with van der Waals surface area (Å²) in [6, 6.07) is 26.9. The summed E-state index contributed by atoms with van der Waals surface area (Å²) in [6.45, 7) is 1.44. The molecule has 9 heteroatoms. The number of anilines is 2. The van der Waals surface area contributed by atoms with Crippen molar-refractivity contribution in [2.24, 2.45) is 10.2 Å². The van der Waals surface area contributed by atoms with Gasteiger partial charge in [-0.25, -0.2) is 9.97 Å². The van der Waals surface area contributed by atoms with E-state index in [9.17, 15) is 9.59 Å². The number of rotatable bonds is 7. The molecule has 0 saturated carbocycles. The Morgan fingerprint density at radius 3 is 2.18 bits per heavy atom. The van der Waals surface area contributed by atoms with Gasteiger partial charge in [0.15, 0.2) is 5.75 Å². The predicted molar refractivity (Wildman–Crippen MR) is 145 cm³/mol. The Hall–Kier alpha value is -5.44. The molecule has 5 aromatic rings. The highest BCUT2D eigenvalue weighted by atomic mass is 16.5. The van der Waals surface area contributed by atoms with Gasteiger partial charge in [0.25, 0.3) is 11.9 Å². The number of benzene rings is 4. The molecule has 0 spiro atoms. The fourth-order valence-electron chi connectivity index (χ4n) is 3.77. The van der Waals surface area contributed by atoms with E-state index in [0.29, 0.717) is 22.8 Å². The average molecular weight is 503 g/mol. The maximum Gasteiger partial charge on any atom is 0.268 e. The Labute approximate surface area is 218 Å². The number of hydrogen-bond acceptors (Lipinski definition) is 7. The first-order chi connectivity index (χ1) is 18.6. The Kier molecular flexibility index (Phi) is 7.08. The topological polar surface area (TPSA) is 118 Å². The van der Waals surface area contributed by atoms with Crippen molar-refractivity contribution in [2.45, 2.75) is 6.92 Å².